The number of hydrogen-bond donors (Lipinski definition) is 1. The third-order valence-electron chi connectivity index (χ3n) is 9.99. The van der Waals surface area contributed by atoms with Gasteiger partial charge in [-0.2, -0.15) is 5.10 Å². The summed E-state index contributed by atoms with van der Waals surface area (Å²) >= 11 is 0. The van der Waals surface area contributed by atoms with E-state index in [1.165, 1.54) is 17.7 Å². The van der Waals surface area contributed by atoms with Crippen LogP contribution in [0.5, 0.6) is 0 Å². The molecule has 10 heteroatoms. The van der Waals surface area contributed by atoms with Gasteiger partial charge in [0.2, 0.25) is 0 Å². The van der Waals surface area contributed by atoms with E-state index in [-0.39, 0.29) is 17.9 Å². The summed E-state index contributed by atoms with van der Waals surface area (Å²) in [6.45, 7) is 7.74. The predicted octanol–water partition coefficient (Wildman–Crippen LogP) is 3.40. The second-order valence-corrected chi connectivity index (χ2v) is 13.1. The van der Waals surface area contributed by atoms with Gasteiger partial charge >= 0.3 is 0 Å². The maximum Gasteiger partial charge on any atom is 0.254 e. The highest BCUT2D eigenvalue weighted by molar-refractivity contribution is 6.06. The van der Waals surface area contributed by atoms with Gasteiger partial charge in [0.05, 0.1) is 36.5 Å². The fourth-order valence-corrected chi connectivity index (χ4v) is 7.08. The molecule has 1 N–H and O–H groups in total. The number of likely N-dealkylation sites (tertiary alicyclic amines) is 2. The zero-order chi connectivity index (χ0) is 29.9. The van der Waals surface area contributed by atoms with E-state index in [1.807, 2.05) is 29.7 Å². The Morgan fingerprint density at radius 1 is 1.09 bits per heavy atom. The molecule has 1 aromatic heterocycles. The highest BCUT2D eigenvalue weighted by Crippen LogP contribution is 2.40. The van der Waals surface area contributed by atoms with Crippen LogP contribution in [-0.4, -0.2) is 106 Å². The topological polar surface area (TPSA) is 91.1 Å². The normalized spacial score (nSPS) is 23.0. The van der Waals surface area contributed by atoms with Crippen molar-refractivity contribution in [3.05, 3.63) is 53.5 Å². The summed E-state index contributed by atoms with van der Waals surface area (Å²) in [5.41, 5.74) is 3.10. The van der Waals surface area contributed by atoms with Crippen molar-refractivity contribution >= 4 is 22.7 Å². The average molecular weight is 590 g/mol. The maximum absolute atomic E-state index is 14.6. The van der Waals surface area contributed by atoms with Crippen LogP contribution in [0.4, 0.5) is 4.39 Å². The molecule has 4 aliphatic rings. The third kappa shape index (κ3) is 5.34. The highest BCUT2D eigenvalue weighted by Gasteiger charge is 2.50. The number of fused-ring (bicyclic) bond motifs is 1. The van der Waals surface area contributed by atoms with Gasteiger partial charge in [-0.25, -0.2) is 4.39 Å². The number of carbonyl (C=O) groups is 2. The predicted molar refractivity (Wildman–Crippen MR) is 160 cm³/mol. The lowest BCUT2D eigenvalue weighted by molar-refractivity contribution is -0.144. The van der Waals surface area contributed by atoms with Gasteiger partial charge in [0.25, 0.3) is 11.8 Å². The Kier molecular flexibility index (Phi) is 7.26. The first-order valence-corrected chi connectivity index (χ1v) is 15.6. The Morgan fingerprint density at radius 3 is 2.58 bits per heavy atom. The van der Waals surface area contributed by atoms with Gasteiger partial charge in [-0.3, -0.25) is 14.3 Å². The Bertz CT molecular complexity index is 1550. The number of benzene rings is 2. The Labute approximate surface area is 251 Å². The minimum Gasteiger partial charge on any atom is -0.380 e. The molecule has 1 aliphatic carbocycles. The largest absolute Gasteiger partial charge is 0.380 e. The van der Waals surface area contributed by atoms with Crippen LogP contribution in [0.2, 0.25) is 0 Å². The van der Waals surface area contributed by atoms with Crippen molar-refractivity contribution in [1.82, 2.24) is 24.5 Å². The first-order valence-electron chi connectivity index (χ1n) is 15.6. The number of piperidine rings is 1. The SMILES string of the molecule is C[C@@H]1COCCN1C(=O)c1cc(F)ccc1-c1cc(C2CN(CC3CCN(C(=O)C4(O)CC4)CC3)C2)cc2c1cnn2C. The average Bonchev–Trinajstić information content (AvgIpc) is 3.64. The Hall–Kier alpha value is -3.34. The number of nitrogens with zero attached hydrogens (tertiary/aromatic N) is 5. The van der Waals surface area contributed by atoms with Crippen LogP contribution < -0.4 is 0 Å². The van der Waals surface area contributed by atoms with Gasteiger partial charge in [-0.1, -0.05) is 6.07 Å². The van der Waals surface area contributed by atoms with Gasteiger partial charge < -0.3 is 24.5 Å². The van der Waals surface area contributed by atoms with E-state index in [2.05, 4.69) is 22.1 Å². The molecule has 1 saturated carbocycles. The van der Waals surface area contributed by atoms with Gasteiger partial charge in [0.1, 0.15) is 11.4 Å². The molecule has 228 valence electrons. The molecular formula is C33H40FN5O4. The molecule has 4 heterocycles. The fourth-order valence-electron chi connectivity index (χ4n) is 7.08. The molecule has 9 nitrogen and oxygen atoms in total. The van der Waals surface area contributed by atoms with Gasteiger partial charge in [0, 0.05) is 57.6 Å². The van der Waals surface area contributed by atoms with Crippen LogP contribution in [0.3, 0.4) is 0 Å². The van der Waals surface area contributed by atoms with Crippen LogP contribution in [0.1, 0.15) is 54.4 Å². The standard InChI is InChI=1S/C33H40FN5O4/c1-21-20-43-12-11-39(21)31(40)28-15-25(34)3-4-26(28)27-13-23(14-30-29(27)16-35-36(30)2)24-18-37(19-24)17-22-5-9-38(10-6-22)32(41)33(42)7-8-33/h3-4,13-16,21-22,24,42H,5-12,17-20H2,1-2H3/t21-/m1/s1. The number of aryl methyl sites for hydroxylation is 1. The smallest absolute Gasteiger partial charge is 0.254 e. The van der Waals surface area contributed by atoms with E-state index in [0.717, 1.165) is 67.6 Å². The van der Waals surface area contributed by atoms with Crippen molar-refractivity contribution in [2.45, 2.75) is 50.2 Å². The van der Waals surface area contributed by atoms with Crippen molar-refractivity contribution in [3.63, 3.8) is 0 Å². The van der Waals surface area contributed by atoms with E-state index in [4.69, 9.17) is 4.74 Å². The number of carbonyl (C=O) groups excluding carboxylic acids is 2. The summed E-state index contributed by atoms with van der Waals surface area (Å²) in [7, 11) is 1.92. The number of ether oxygens (including phenoxy) is 1. The molecule has 7 rings (SSSR count). The third-order valence-corrected chi connectivity index (χ3v) is 9.99. The molecule has 0 radical (unpaired) electrons. The quantitative estimate of drug-likeness (QED) is 0.474. The first-order chi connectivity index (χ1) is 20.7. The first kappa shape index (κ1) is 28.4. The number of aromatic nitrogens is 2. The summed E-state index contributed by atoms with van der Waals surface area (Å²) in [6.07, 6.45) is 4.96. The van der Waals surface area contributed by atoms with Crippen LogP contribution in [0.25, 0.3) is 22.0 Å². The lowest BCUT2D eigenvalue weighted by Gasteiger charge is -2.43. The molecule has 4 fully saturated rings. The van der Waals surface area contributed by atoms with Crippen molar-refractivity contribution in [1.29, 1.82) is 0 Å². The number of morpholine rings is 1. The fraction of sp³-hybridized carbons (Fsp3) is 0.545. The molecule has 0 bridgehead atoms. The minimum atomic E-state index is -1.08. The zero-order valence-corrected chi connectivity index (χ0v) is 25.0. The molecule has 43 heavy (non-hydrogen) atoms. The van der Waals surface area contributed by atoms with Crippen LogP contribution >= 0.6 is 0 Å². The van der Waals surface area contributed by atoms with Crippen LogP contribution in [-0.2, 0) is 16.6 Å². The summed E-state index contributed by atoms with van der Waals surface area (Å²) in [6, 6.07) is 8.81. The minimum absolute atomic E-state index is 0.0817. The second kappa shape index (κ2) is 11.0. The molecule has 2 aromatic carbocycles. The van der Waals surface area contributed by atoms with Crippen molar-refractivity contribution < 1.29 is 23.8 Å². The van der Waals surface area contributed by atoms with Gasteiger partial charge in [-0.05, 0) is 79.5 Å². The lowest BCUT2D eigenvalue weighted by Crippen LogP contribution is -2.50. The van der Waals surface area contributed by atoms with Crippen molar-refractivity contribution in [2.75, 3.05) is 52.5 Å². The lowest BCUT2D eigenvalue weighted by atomic mass is 9.85. The number of halogens is 1. The Balaban J connectivity index is 1.09. The van der Waals surface area contributed by atoms with Crippen LogP contribution in [0, 0.1) is 11.7 Å². The molecule has 3 aliphatic heterocycles. The summed E-state index contributed by atoms with van der Waals surface area (Å²) < 4.78 is 22.0. The zero-order valence-electron chi connectivity index (χ0n) is 25.0. The van der Waals surface area contributed by atoms with E-state index < -0.39 is 11.4 Å². The molecular weight excluding hydrogens is 549 g/mol. The number of aliphatic hydroxyl groups is 1. The summed E-state index contributed by atoms with van der Waals surface area (Å²) in [5.74, 6) is 0.204. The molecule has 2 amide bonds. The number of amides is 2. The van der Waals surface area contributed by atoms with Gasteiger partial charge in [-0.15, -0.1) is 0 Å². The number of rotatable bonds is 6. The molecule has 1 atom stereocenters. The Morgan fingerprint density at radius 2 is 1.86 bits per heavy atom. The molecule has 0 spiro atoms. The second-order valence-electron chi connectivity index (χ2n) is 13.1. The molecule has 3 aromatic rings. The molecule has 0 unspecified atom stereocenters. The maximum atomic E-state index is 14.6. The molecule has 3 saturated heterocycles. The van der Waals surface area contributed by atoms with Gasteiger partial charge in [0.15, 0.2) is 0 Å². The van der Waals surface area contributed by atoms with E-state index in [1.54, 1.807) is 11.0 Å². The summed E-state index contributed by atoms with van der Waals surface area (Å²) in [5, 5.41) is 15.7. The van der Waals surface area contributed by atoms with E-state index in [0.29, 0.717) is 50.0 Å². The monoisotopic (exact) mass is 589 g/mol. The van der Waals surface area contributed by atoms with Crippen molar-refractivity contribution in [3.8, 4) is 11.1 Å². The van der Waals surface area contributed by atoms with E-state index >= 15 is 0 Å². The van der Waals surface area contributed by atoms with E-state index in [9.17, 15) is 19.1 Å². The number of hydrogen-bond acceptors (Lipinski definition) is 6. The highest BCUT2D eigenvalue weighted by atomic mass is 19.1. The summed E-state index contributed by atoms with van der Waals surface area (Å²) in [4.78, 5) is 32.4. The van der Waals surface area contributed by atoms with Crippen LogP contribution in [0.15, 0.2) is 36.5 Å². The van der Waals surface area contributed by atoms with Crippen molar-refractivity contribution in [2.24, 2.45) is 13.0 Å².